The first-order valence-corrected chi connectivity index (χ1v) is 8.19. The predicted octanol–water partition coefficient (Wildman–Crippen LogP) is 7.21. The summed E-state index contributed by atoms with van der Waals surface area (Å²) in [6, 6.07) is 0. The topological polar surface area (TPSA) is 0 Å². The zero-order valence-electron chi connectivity index (χ0n) is 15.1. The van der Waals surface area contributed by atoms with Gasteiger partial charge in [-0.25, -0.2) is 0 Å². The Morgan fingerprint density at radius 2 is 1.33 bits per heavy atom. The fourth-order valence-corrected chi connectivity index (χ4v) is 3.62. The molecule has 0 aromatic heterocycles. The van der Waals surface area contributed by atoms with Crippen LogP contribution in [0.15, 0.2) is 51.1 Å². The maximum atomic E-state index is 3.00. The van der Waals surface area contributed by atoms with Gasteiger partial charge in [0.25, 0.3) is 0 Å². The van der Waals surface area contributed by atoms with E-state index in [1.165, 1.54) is 32.1 Å². The number of hydrogen-bond acceptors (Lipinski definition) is 0. The molecule has 0 aromatic carbocycles. The summed E-state index contributed by atoms with van der Waals surface area (Å²) >= 11 is 0. The summed E-state index contributed by atoms with van der Waals surface area (Å²) in [5.74, 6) is 2.93. The quantitative estimate of drug-likeness (QED) is 0.447. The monoisotopic (exact) mass is 290 g/mol. The maximum absolute atomic E-state index is 3.00. The summed E-state index contributed by atoms with van der Waals surface area (Å²) in [4.78, 5) is 0. The summed E-state index contributed by atoms with van der Waals surface area (Å²) in [6.07, 6.45) is 9.74. The molecule has 0 saturated heterocycles. The van der Waals surface area contributed by atoms with E-state index in [1.807, 2.05) is 0 Å². The standard InChI is InChI=1S/C15H26.3C2H4/c1-11-5-8-13(9-6-11)14-10-7-12(2)15(14,3)4;3*1-2/h7,11,13-14H,5-6,8-10H2,1-4H3;3*1-2H2. The van der Waals surface area contributed by atoms with E-state index >= 15 is 0 Å². The molecule has 21 heavy (non-hydrogen) atoms. The summed E-state index contributed by atoms with van der Waals surface area (Å²) < 4.78 is 0. The lowest BCUT2D eigenvalue weighted by Crippen LogP contribution is -2.30. The van der Waals surface area contributed by atoms with E-state index in [2.05, 4.69) is 73.2 Å². The zero-order chi connectivity index (χ0) is 17.1. The Bertz CT molecular complexity index is 284. The average molecular weight is 291 g/mol. The lowest BCUT2D eigenvalue weighted by molar-refractivity contribution is 0.138. The van der Waals surface area contributed by atoms with E-state index in [-0.39, 0.29) is 0 Å². The fourth-order valence-electron chi connectivity index (χ4n) is 3.62. The molecule has 0 amide bonds. The normalized spacial score (nSPS) is 29.3. The van der Waals surface area contributed by atoms with Crippen molar-refractivity contribution in [3.8, 4) is 0 Å². The van der Waals surface area contributed by atoms with Crippen LogP contribution >= 0.6 is 0 Å². The van der Waals surface area contributed by atoms with Gasteiger partial charge in [-0.1, -0.05) is 45.3 Å². The first-order valence-electron chi connectivity index (χ1n) is 8.19. The lowest BCUT2D eigenvalue weighted by atomic mass is 9.66. The first-order chi connectivity index (χ1) is 10.0. The van der Waals surface area contributed by atoms with Crippen LogP contribution in [-0.2, 0) is 0 Å². The molecule has 1 atom stereocenters. The van der Waals surface area contributed by atoms with E-state index in [0.29, 0.717) is 5.41 Å². The Morgan fingerprint density at radius 3 is 1.67 bits per heavy atom. The van der Waals surface area contributed by atoms with Crippen molar-refractivity contribution >= 4 is 0 Å². The van der Waals surface area contributed by atoms with Gasteiger partial charge in [-0.15, -0.1) is 39.5 Å². The Balaban J connectivity index is 0. The van der Waals surface area contributed by atoms with Gasteiger partial charge in [0.2, 0.25) is 0 Å². The predicted molar refractivity (Wildman–Crippen MR) is 101 cm³/mol. The van der Waals surface area contributed by atoms with Gasteiger partial charge in [0.1, 0.15) is 0 Å². The molecule has 2 aliphatic rings. The molecule has 0 radical (unpaired) electrons. The Hall–Kier alpha value is -1.04. The molecule has 0 spiro atoms. The van der Waals surface area contributed by atoms with Crippen molar-refractivity contribution in [2.24, 2.45) is 23.2 Å². The average Bonchev–Trinajstić information content (AvgIpc) is 2.80. The molecule has 0 heterocycles. The fraction of sp³-hybridized carbons (Fsp3) is 0.619. The van der Waals surface area contributed by atoms with Gasteiger partial charge < -0.3 is 0 Å². The van der Waals surface area contributed by atoms with Crippen molar-refractivity contribution in [2.45, 2.75) is 59.8 Å². The van der Waals surface area contributed by atoms with E-state index in [4.69, 9.17) is 0 Å². The van der Waals surface area contributed by atoms with Gasteiger partial charge in [-0.3, -0.25) is 0 Å². The highest BCUT2D eigenvalue weighted by atomic mass is 14.4. The third-order valence-electron chi connectivity index (χ3n) is 5.25. The first kappa shape index (κ1) is 22.2. The van der Waals surface area contributed by atoms with Crippen molar-refractivity contribution in [1.82, 2.24) is 0 Å². The number of allylic oxidation sites excluding steroid dienone is 2. The highest BCUT2D eigenvalue weighted by molar-refractivity contribution is 5.19. The lowest BCUT2D eigenvalue weighted by Gasteiger charge is -2.39. The molecule has 0 nitrogen and oxygen atoms in total. The zero-order valence-corrected chi connectivity index (χ0v) is 15.1. The van der Waals surface area contributed by atoms with Crippen molar-refractivity contribution in [1.29, 1.82) is 0 Å². The second-order valence-corrected chi connectivity index (χ2v) is 6.47. The molecule has 122 valence electrons. The molecule has 1 unspecified atom stereocenters. The van der Waals surface area contributed by atoms with Crippen LogP contribution in [0.1, 0.15) is 59.8 Å². The smallest absolute Gasteiger partial charge is 0.0114 e. The second-order valence-electron chi connectivity index (χ2n) is 6.47. The van der Waals surface area contributed by atoms with Crippen molar-refractivity contribution in [2.75, 3.05) is 0 Å². The van der Waals surface area contributed by atoms with E-state index < -0.39 is 0 Å². The number of hydrogen-bond donors (Lipinski definition) is 0. The molecular weight excluding hydrogens is 252 g/mol. The Labute approximate surface area is 134 Å². The molecule has 2 aliphatic carbocycles. The van der Waals surface area contributed by atoms with Crippen LogP contribution in [0, 0.1) is 23.2 Å². The maximum Gasteiger partial charge on any atom is -0.0114 e. The van der Waals surface area contributed by atoms with Crippen LogP contribution in [0.25, 0.3) is 0 Å². The van der Waals surface area contributed by atoms with Crippen molar-refractivity contribution in [3.05, 3.63) is 51.1 Å². The molecule has 0 bridgehead atoms. The Kier molecular flexibility index (Phi) is 12.3. The van der Waals surface area contributed by atoms with Gasteiger partial charge in [0.15, 0.2) is 0 Å². The van der Waals surface area contributed by atoms with Gasteiger partial charge in [0.05, 0.1) is 0 Å². The van der Waals surface area contributed by atoms with Crippen molar-refractivity contribution in [3.63, 3.8) is 0 Å². The minimum Gasteiger partial charge on any atom is -0.106 e. The summed E-state index contributed by atoms with van der Waals surface area (Å²) in [5.41, 5.74) is 2.11. The third-order valence-corrected chi connectivity index (χ3v) is 5.25. The molecule has 1 saturated carbocycles. The van der Waals surface area contributed by atoms with E-state index in [0.717, 1.165) is 17.8 Å². The largest absolute Gasteiger partial charge is 0.106 e. The second kappa shape index (κ2) is 11.6. The minimum absolute atomic E-state index is 0.477. The van der Waals surface area contributed by atoms with Gasteiger partial charge in [-0.2, -0.15) is 0 Å². The summed E-state index contributed by atoms with van der Waals surface area (Å²) in [7, 11) is 0. The molecule has 1 fully saturated rings. The minimum atomic E-state index is 0.477. The van der Waals surface area contributed by atoms with Gasteiger partial charge in [0, 0.05) is 0 Å². The third kappa shape index (κ3) is 6.08. The van der Waals surface area contributed by atoms with E-state index in [1.54, 1.807) is 5.57 Å². The summed E-state index contributed by atoms with van der Waals surface area (Å²) in [5, 5.41) is 0. The molecule has 0 N–H and O–H groups in total. The molecule has 0 heteroatoms. The van der Waals surface area contributed by atoms with Gasteiger partial charge in [-0.05, 0) is 49.4 Å². The van der Waals surface area contributed by atoms with Crippen molar-refractivity contribution < 1.29 is 0 Å². The van der Waals surface area contributed by atoms with Crippen LogP contribution in [0.4, 0.5) is 0 Å². The van der Waals surface area contributed by atoms with E-state index in [9.17, 15) is 0 Å². The van der Waals surface area contributed by atoms with Crippen LogP contribution < -0.4 is 0 Å². The SMILES string of the molecule is C=C.C=C.C=C.CC1=CCC(C2CCC(C)CC2)C1(C)C. The highest BCUT2D eigenvalue weighted by Crippen LogP contribution is 2.50. The van der Waals surface area contributed by atoms with Crippen LogP contribution in [0.5, 0.6) is 0 Å². The van der Waals surface area contributed by atoms with Gasteiger partial charge >= 0.3 is 0 Å². The van der Waals surface area contributed by atoms with Crippen LogP contribution in [0.2, 0.25) is 0 Å². The molecule has 0 aliphatic heterocycles. The molecule has 0 aromatic rings. The van der Waals surface area contributed by atoms with Crippen LogP contribution in [-0.4, -0.2) is 0 Å². The summed E-state index contributed by atoms with van der Waals surface area (Å²) in [6.45, 7) is 27.6. The van der Waals surface area contributed by atoms with Crippen LogP contribution in [0.3, 0.4) is 0 Å². The molecular formula is C21H38. The highest BCUT2D eigenvalue weighted by Gasteiger charge is 2.40. The molecule has 2 rings (SSSR count). The number of rotatable bonds is 1. The Morgan fingerprint density at radius 1 is 0.905 bits per heavy atom.